The van der Waals surface area contributed by atoms with Crippen LogP contribution in [0.2, 0.25) is 5.02 Å². The van der Waals surface area contributed by atoms with Crippen LogP contribution in [0.1, 0.15) is 13.3 Å². The quantitative estimate of drug-likeness (QED) is 0.917. The van der Waals surface area contributed by atoms with E-state index in [0.29, 0.717) is 36.0 Å². The van der Waals surface area contributed by atoms with Gasteiger partial charge in [0, 0.05) is 12.1 Å². The molecule has 0 saturated carbocycles. The molecule has 0 atom stereocenters. The topological polar surface area (TPSA) is 58.6 Å². The van der Waals surface area contributed by atoms with E-state index in [9.17, 15) is 9.59 Å². The molecule has 1 saturated heterocycles. The number of amides is 2. The Morgan fingerprint density at radius 1 is 1.56 bits per heavy atom. The van der Waals surface area contributed by atoms with Gasteiger partial charge in [-0.25, -0.2) is 4.79 Å². The summed E-state index contributed by atoms with van der Waals surface area (Å²) in [5.41, 5.74) is 1.21. The molecule has 1 heterocycles. The van der Waals surface area contributed by atoms with Gasteiger partial charge in [0.1, 0.15) is 6.61 Å². The van der Waals surface area contributed by atoms with Crippen LogP contribution >= 0.6 is 11.6 Å². The first kappa shape index (κ1) is 12.7. The Labute approximate surface area is 110 Å². The number of anilines is 2. The molecule has 0 radical (unpaired) electrons. The fourth-order valence-electron chi connectivity index (χ4n) is 1.67. The maximum atomic E-state index is 11.4. The molecule has 1 fully saturated rings. The lowest BCUT2D eigenvalue weighted by Crippen LogP contribution is -2.23. The maximum Gasteiger partial charge on any atom is 0.414 e. The van der Waals surface area contributed by atoms with Crippen LogP contribution in [0, 0.1) is 0 Å². The van der Waals surface area contributed by atoms with E-state index in [2.05, 4.69) is 5.32 Å². The number of benzene rings is 1. The summed E-state index contributed by atoms with van der Waals surface area (Å²) in [7, 11) is 0. The van der Waals surface area contributed by atoms with Crippen molar-refractivity contribution in [2.45, 2.75) is 13.3 Å². The Hall–Kier alpha value is -1.75. The number of carbonyl (C=O) groups is 2. The summed E-state index contributed by atoms with van der Waals surface area (Å²) in [6.07, 6.45) is -0.0000837. The van der Waals surface area contributed by atoms with Gasteiger partial charge in [-0.2, -0.15) is 0 Å². The fourth-order valence-corrected chi connectivity index (χ4v) is 1.95. The van der Waals surface area contributed by atoms with Gasteiger partial charge >= 0.3 is 6.09 Å². The van der Waals surface area contributed by atoms with Crippen LogP contribution in [0.5, 0.6) is 0 Å². The number of carbonyl (C=O) groups excluding carboxylic acids is 2. The Morgan fingerprint density at radius 3 is 2.89 bits per heavy atom. The second kappa shape index (κ2) is 5.27. The Balaban J connectivity index is 2.19. The average molecular weight is 269 g/mol. The van der Waals surface area contributed by atoms with Gasteiger partial charge in [0.15, 0.2) is 0 Å². The van der Waals surface area contributed by atoms with Gasteiger partial charge in [-0.15, -0.1) is 0 Å². The van der Waals surface area contributed by atoms with E-state index in [1.165, 1.54) is 4.90 Å². The Kier molecular flexibility index (Phi) is 3.72. The SMILES string of the molecule is CCC(=O)Nc1ccc(N2CCOC2=O)c(Cl)c1. The van der Waals surface area contributed by atoms with Crippen LogP contribution in [-0.2, 0) is 9.53 Å². The van der Waals surface area contributed by atoms with E-state index in [4.69, 9.17) is 16.3 Å². The van der Waals surface area contributed by atoms with Gasteiger partial charge in [0.25, 0.3) is 0 Å². The largest absolute Gasteiger partial charge is 0.447 e. The summed E-state index contributed by atoms with van der Waals surface area (Å²) in [6, 6.07) is 5.02. The van der Waals surface area contributed by atoms with Gasteiger partial charge in [0.05, 0.1) is 17.3 Å². The third-order valence-electron chi connectivity index (χ3n) is 2.60. The molecule has 2 rings (SSSR count). The minimum atomic E-state index is -0.401. The van der Waals surface area contributed by atoms with Crippen LogP contribution in [0.15, 0.2) is 18.2 Å². The van der Waals surface area contributed by atoms with Crippen molar-refractivity contribution >= 4 is 35.0 Å². The van der Waals surface area contributed by atoms with Crippen LogP contribution in [0.4, 0.5) is 16.2 Å². The van der Waals surface area contributed by atoms with Gasteiger partial charge in [-0.05, 0) is 18.2 Å². The zero-order valence-electron chi connectivity index (χ0n) is 9.90. The Morgan fingerprint density at radius 2 is 2.33 bits per heavy atom. The summed E-state index contributed by atoms with van der Waals surface area (Å²) in [5, 5.41) is 3.11. The van der Waals surface area contributed by atoms with E-state index in [0.717, 1.165) is 0 Å². The van der Waals surface area contributed by atoms with Crippen molar-refractivity contribution in [3.05, 3.63) is 23.2 Å². The monoisotopic (exact) mass is 268 g/mol. The molecule has 5 nitrogen and oxygen atoms in total. The normalized spacial score (nSPS) is 14.6. The van der Waals surface area contributed by atoms with Gasteiger partial charge in [-0.3, -0.25) is 9.69 Å². The lowest BCUT2D eigenvalue weighted by molar-refractivity contribution is -0.115. The van der Waals surface area contributed by atoms with Crippen LogP contribution in [0.3, 0.4) is 0 Å². The number of halogens is 1. The van der Waals surface area contributed by atoms with Crippen molar-refractivity contribution in [1.29, 1.82) is 0 Å². The number of nitrogens with one attached hydrogen (secondary N) is 1. The van der Waals surface area contributed by atoms with E-state index < -0.39 is 6.09 Å². The molecule has 0 unspecified atom stereocenters. The highest BCUT2D eigenvalue weighted by Gasteiger charge is 2.25. The summed E-state index contributed by atoms with van der Waals surface area (Å²) >= 11 is 6.10. The molecule has 0 bridgehead atoms. The minimum absolute atomic E-state index is 0.0839. The highest BCUT2D eigenvalue weighted by Crippen LogP contribution is 2.30. The molecule has 18 heavy (non-hydrogen) atoms. The second-order valence-corrected chi connectivity index (χ2v) is 4.24. The standard InChI is InChI=1S/C12H13ClN2O3/c1-2-11(16)14-8-3-4-10(9(13)7-8)15-5-6-18-12(15)17/h3-4,7H,2,5-6H2,1H3,(H,14,16). The van der Waals surface area contributed by atoms with Gasteiger partial charge in [0.2, 0.25) is 5.91 Å². The Bertz CT molecular complexity index is 490. The molecule has 1 aliphatic rings. The third kappa shape index (κ3) is 2.56. The predicted octanol–water partition coefficient (Wildman–Crippen LogP) is 2.65. The number of ether oxygens (including phenoxy) is 1. The van der Waals surface area contributed by atoms with Gasteiger partial charge < -0.3 is 10.1 Å². The maximum absolute atomic E-state index is 11.4. The zero-order valence-corrected chi connectivity index (χ0v) is 10.7. The van der Waals surface area contributed by atoms with E-state index >= 15 is 0 Å². The smallest absolute Gasteiger partial charge is 0.414 e. The highest BCUT2D eigenvalue weighted by molar-refractivity contribution is 6.34. The molecule has 1 aliphatic heterocycles. The first-order valence-corrected chi connectivity index (χ1v) is 6.03. The van der Waals surface area contributed by atoms with Crippen LogP contribution in [-0.4, -0.2) is 25.2 Å². The summed E-state index contributed by atoms with van der Waals surface area (Å²) in [6.45, 7) is 2.62. The van der Waals surface area contributed by atoms with Crippen LogP contribution in [0.25, 0.3) is 0 Å². The predicted molar refractivity (Wildman–Crippen MR) is 69.1 cm³/mol. The molecular weight excluding hydrogens is 256 g/mol. The van der Waals surface area contributed by atoms with Crippen molar-refractivity contribution < 1.29 is 14.3 Å². The summed E-state index contributed by atoms with van der Waals surface area (Å²) in [4.78, 5) is 24.1. The van der Waals surface area contributed by atoms with Crippen molar-refractivity contribution in [3.63, 3.8) is 0 Å². The molecule has 0 spiro atoms. The summed E-state index contributed by atoms with van der Waals surface area (Å²) < 4.78 is 4.85. The molecular formula is C12H13ClN2O3. The highest BCUT2D eigenvalue weighted by atomic mass is 35.5. The number of nitrogens with zero attached hydrogens (tertiary/aromatic N) is 1. The molecule has 1 aromatic carbocycles. The zero-order chi connectivity index (χ0) is 13.1. The number of rotatable bonds is 3. The van der Waals surface area contributed by atoms with Crippen molar-refractivity contribution in [1.82, 2.24) is 0 Å². The lowest BCUT2D eigenvalue weighted by atomic mass is 10.2. The average Bonchev–Trinajstić information content (AvgIpc) is 2.75. The summed E-state index contributed by atoms with van der Waals surface area (Å²) in [5.74, 6) is -0.0839. The lowest BCUT2D eigenvalue weighted by Gasteiger charge is -2.15. The molecule has 1 aromatic rings. The first-order valence-electron chi connectivity index (χ1n) is 5.65. The van der Waals surface area contributed by atoms with Crippen LogP contribution < -0.4 is 10.2 Å². The van der Waals surface area contributed by atoms with Crippen molar-refractivity contribution in [3.8, 4) is 0 Å². The molecule has 0 aliphatic carbocycles. The van der Waals surface area contributed by atoms with E-state index in [1.54, 1.807) is 25.1 Å². The van der Waals surface area contributed by atoms with Gasteiger partial charge in [-0.1, -0.05) is 18.5 Å². The first-order chi connectivity index (χ1) is 8.61. The number of hydrogen-bond donors (Lipinski definition) is 1. The fraction of sp³-hybridized carbons (Fsp3) is 0.333. The molecule has 2 amide bonds. The molecule has 1 N–H and O–H groups in total. The van der Waals surface area contributed by atoms with Crippen molar-refractivity contribution in [2.24, 2.45) is 0 Å². The van der Waals surface area contributed by atoms with E-state index in [1.807, 2.05) is 0 Å². The molecule has 0 aromatic heterocycles. The number of hydrogen-bond acceptors (Lipinski definition) is 3. The number of cyclic esters (lactones) is 1. The van der Waals surface area contributed by atoms with E-state index in [-0.39, 0.29) is 5.91 Å². The molecule has 6 heteroatoms. The minimum Gasteiger partial charge on any atom is -0.447 e. The van der Waals surface area contributed by atoms with Crippen molar-refractivity contribution in [2.75, 3.05) is 23.4 Å². The second-order valence-electron chi connectivity index (χ2n) is 3.83. The third-order valence-corrected chi connectivity index (χ3v) is 2.91. The molecule has 96 valence electrons.